The van der Waals surface area contributed by atoms with Crippen molar-refractivity contribution in [1.29, 1.82) is 0 Å². The monoisotopic (exact) mass is 73.1 g/mol. The molecule has 0 aliphatic carbocycles. The van der Waals surface area contributed by atoms with E-state index >= 15 is 0 Å². The average molecular weight is 73.1 g/mol. The van der Waals surface area contributed by atoms with E-state index < -0.39 is 0 Å². The largest absolute Gasteiger partial charge is 0.325 e. The summed E-state index contributed by atoms with van der Waals surface area (Å²) in [6, 6.07) is 0. The normalized spacial score (nSPS) is 8.40. The Morgan fingerprint density at radius 1 is 1.80 bits per heavy atom. The fourth-order valence-corrected chi connectivity index (χ4v) is 0.129. The SMILES string of the molecule is C[N+]CCN. The van der Waals surface area contributed by atoms with Crippen LogP contribution in [0.4, 0.5) is 0 Å². The molecule has 5 heavy (non-hydrogen) atoms. The van der Waals surface area contributed by atoms with Gasteiger partial charge >= 0.3 is 0 Å². The van der Waals surface area contributed by atoms with Crippen LogP contribution in [0.2, 0.25) is 0 Å². The lowest BCUT2D eigenvalue weighted by molar-refractivity contribution is 0.787. The highest BCUT2D eigenvalue weighted by atomic mass is 14.8. The molecule has 0 saturated heterocycles. The molecule has 2 radical (unpaired) electrons. The average Bonchev–Trinajstić information content (AvgIpc) is 1.41. The summed E-state index contributed by atoms with van der Waals surface area (Å²) in [5.74, 6) is 0. The van der Waals surface area contributed by atoms with Crippen molar-refractivity contribution in [2.45, 2.75) is 0 Å². The molecule has 0 spiro atoms. The maximum Gasteiger partial charge on any atom is 0.195 e. The molecule has 0 aromatic rings. The van der Waals surface area contributed by atoms with E-state index in [9.17, 15) is 0 Å². The number of nitrogens with zero attached hydrogens (tertiary/aromatic N) is 1. The third-order valence-corrected chi connectivity index (χ3v) is 0.353. The summed E-state index contributed by atoms with van der Waals surface area (Å²) in [7, 11) is 1.76. The van der Waals surface area contributed by atoms with Crippen molar-refractivity contribution in [2.75, 3.05) is 20.1 Å². The predicted molar refractivity (Wildman–Crippen MR) is 22.0 cm³/mol. The standard InChI is InChI=1S/C3H9N2/c1-5-3-2-4/h2-4H2,1H3/q+1. The summed E-state index contributed by atoms with van der Waals surface area (Å²) in [5, 5.41) is 3.73. The van der Waals surface area contributed by atoms with E-state index in [0.717, 1.165) is 6.54 Å². The number of likely N-dealkylation sites (N-methyl/N-ethyl adjacent to an activating group) is 1. The van der Waals surface area contributed by atoms with Crippen LogP contribution in [0.5, 0.6) is 0 Å². The van der Waals surface area contributed by atoms with E-state index in [0.29, 0.717) is 6.54 Å². The molecular weight excluding hydrogens is 64.0 g/mol. The molecule has 0 unspecified atom stereocenters. The maximum absolute atomic E-state index is 5.05. The molecule has 0 amide bonds. The van der Waals surface area contributed by atoms with E-state index in [4.69, 9.17) is 5.73 Å². The van der Waals surface area contributed by atoms with Gasteiger partial charge in [0.25, 0.3) is 0 Å². The molecule has 0 aromatic heterocycles. The minimum Gasteiger partial charge on any atom is -0.325 e. The van der Waals surface area contributed by atoms with Crippen molar-refractivity contribution in [3.63, 3.8) is 0 Å². The van der Waals surface area contributed by atoms with E-state index in [2.05, 4.69) is 5.32 Å². The Balaban J connectivity index is 2.19. The van der Waals surface area contributed by atoms with Gasteiger partial charge in [0, 0.05) is 0 Å². The Bertz CT molecular complexity index is 12.4. The molecule has 0 fully saturated rings. The van der Waals surface area contributed by atoms with Crippen molar-refractivity contribution in [1.82, 2.24) is 5.32 Å². The number of rotatable bonds is 2. The highest BCUT2D eigenvalue weighted by Crippen LogP contribution is 1.41. The van der Waals surface area contributed by atoms with Crippen LogP contribution in [0.15, 0.2) is 0 Å². The van der Waals surface area contributed by atoms with Crippen molar-refractivity contribution >= 4 is 0 Å². The van der Waals surface area contributed by atoms with Gasteiger partial charge in [0.15, 0.2) is 13.6 Å². The zero-order chi connectivity index (χ0) is 4.12. The molecule has 0 heterocycles. The first-order valence-corrected chi connectivity index (χ1v) is 1.67. The first-order valence-electron chi connectivity index (χ1n) is 1.67. The minimum atomic E-state index is 0.677. The van der Waals surface area contributed by atoms with Gasteiger partial charge in [0.1, 0.15) is 0 Å². The van der Waals surface area contributed by atoms with Gasteiger partial charge in [-0.2, -0.15) is 0 Å². The Hall–Kier alpha value is -0.0800. The van der Waals surface area contributed by atoms with Crippen LogP contribution in [0, 0.1) is 0 Å². The van der Waals surface area contributed by atoms with Gasteiger partial charge in [-0.3, -0.25) is 0 Å². The zero-order valence-corrected chi connectivity index (χ0v) is 3.44. The third-order valence-electron chi connectivity index (χ3n) is 0.353. The summed E-state index contributed by atoms with van der Waals surface area (Å²) in [5.41, 5.74) is 5.05. The Labute approximate surface area is 32.4 Å². The van der Waals surface area contributed by atoms with E-state index in [-0.39, 0.29) is 0 Å². The first kappa shape index (κ1) is 4.92. The number of nitrogens with two attached hydrogens (primary N) is 1. The van der Waals surface area contributed by atoms with Crippen LogP contribution < -0.4 is 11.1 Å². The van der Waals surface area contributed by atoms with Gasteiger partial charge in [-0.15, -0.1) is 0 Å². The molecule has 30 valence electrons. The van der Waals surface area contributed by atoms with Gasteiger partial charge in [-0.05, 0) is 0 Å². The van der Waals surface area contributed by atoms with Gasteiger partial charge in [0.2, 0.25) is 0 Å². The number of hydrogen-bond donors (Lipinski definition) is 1. The summed E-state index contributed by atoms with van der Waals surface area (Å²) in [6.45, 7) is 1.47. The fraction of sp³-hybridized carbons (Fsp3) is 1.00. The Morgan fingerprint density at radius 3 is 2.40 bits per heavy atom. The second-order valence-corrected chi connectivity index (χ2v) is 0.829. The molecule has 0 atom stereocenters. The highest BCUT2D eigenvalue weighted by molar-refractivity contribution is 4.32. The molecule has 0 rings (SSSR count). The Morgan fingerprint density at radius 2 is 2.40 bits per heavy atom. The second kappa shape index (κ2) is 3.92. The summed E-state index contributed by atoms with van der Waals surface area (Å²) in [6.07, 6.45) is 0. The summed E-state index contributed by atoms with van der Waals surface area (Å²) < 4.78 is 0. The quantitative estimate of drug-likeness (QED) is 0.456. The van der Waals surface area contributed by atoms with Gasteiger partial charge < -0.3 is 5.73 Å². The van der Waals surface area contributed by atoms with Crippen LogP contribution >= 0.6 is 0 Å². The molecule has 0 saturated carbocycles. The molecule has 0 aliphatic heterocycles. The third kappa shape index (κ3) is 3.92. The fourth-order valence-electron chi connectivity index (χ4n) is 0.129. The van der Waals surface area contributed by atoms with Crippen molar-refractivity contribution in [3.05, 3.63) is 0 Å². The lowest BCUT2D eigenvalue weighted by atomic mass is 10.7. The maximum atomic E-state index is 5.05. The lowest BCUT2D eigenvalue weighted by Crippen LogP contribution is -2.11. The summed E-state index contributed by atoms with van der Waals surface area (Å²) >= 11 is 0. The molecule has 2 N–H and O–H groups in total. The van der Waals surface area contributed by atoms with E-state index in [1.54, 1.807) is 7.05 Å². The lowest BCUT2D eigenvalue weighted by Gasteiger charge is -1.67. The van der Waals surface area contributed by atoms with E-state index in [1.807, 2.05) is 0 Å². The molecule has 2 heteroatoms. The van der Waals surface area contributed by atoms with Crippen LogP contribution in [-0.4, -0.2) is 20.1 Å². The van der Waals surface area contributed by atoms with Gasteiger partial charge in [-0.1, -0.05) is 0 Å². The van der Waals surface area contributed by atoms with Crippen LogP contribution in [0.25, 0.3) is 0 Å². The van der Waals surface area contributed by atoms with Crippen LogP contribution in [-0.2, 0) is 0 Å². The van der Waals surface area contributed by atoms with Crippen LogP contribution in [0.1, 0.15) is 0 Å². The molecular formula is C3H9N2+. The van der Waals surface area contributed by atoms with Gasteiger partial charge in [0.05, 0.1) is 11.9 Å². The predicted octanol–water partition coefficient (Wildman–Crippen LogP) is -0.821. The van der Waals surface area contributed by atoms with Crippen molar-refractivity contribution in [3.8, 4) is 0 Å². The van der Waals surface area contributed by atoms with Crippen LogP contribution in [0.3, 0.4) is 0 Å². The first-order chi connectivity index (χ1) is 2.41. The second-order valence-electron chi connectivity index (χ2n) is 0.829. The molecule has 0 aliphatic rings. The zero-order valence-electron chi connectivity index (χ0n) is 3.44. The van der Waals surface area contributed by atoms with Crippen molar-refractivity contribution in [2.24, 2.45) is 5.73 Å². The number of hydrogen-bond acceptors (Lipinski definition) is 1. The highest BCUT2D eigenvalue weighted by Gasteiger charge is 1.82. The Kier molecular flexibility index (Phi) is 3.86. The molecule has 0 bridgehead atoms. The van der Waals surface area contributed by atoms with E-state index in [1.165, 1.54) is 0 Å². The minimum absolute atomic E-state index is 0.677. The topological polar surface area (TPSA) is 40.1 Å². The molecule has 2 nitrogen and oxygen atoms in total. The summed E-state index contributed by atoms with van der Waals surface area (Å²) in [4.78, 5) is 0. The molecule has 0 aromatic carbocycles. The van der Waals surface area contributed by atoms with Crippen molar-refractivity contribution < 1.29 is 0 Å². The smallest absolute Gasteiger partial charge is 0.195 e. The van der Waals surface area contributed by atoms with Gasteiger partial charge in [-0.25, -0.2) is 0 Å².